The molecule has 0 radical (unpaired) electrons. The second-order valence-corrected chi connectivity index (χ2v) is 6.23. The maximum atomic E-state index is 6.42. The van der Waals surface area contributed by atoms with Crippen LogP contribution in [0.5, 0.6) is 5.75 Å². The maximum absolute atomic E-state index is 6.42. The molecule has 0 saturated carbocycles. The zero-order valence-electron chi connectivity index (χ0n) is 15.5. The van der Waals surface area contributed by atoms with E-state index in [-0.39, 0.29) is 11.9 Å². The van der Waals surface area contributed by atoms with Gasteiger partial charge in [0.2, 0.25) is 5.96 Å². The molecule has 0 amide bonds. The third-order valence-electron chi connectivity index (χ3n) is 3.47. The summed E-state index contributed by atoms with van der Waals surface area (Å²) in [6.45, 7) is 0.967. The number of nitrogens with two attached hydrogens (primary N) is 3. The van der Waals surface area contributed by atoms with Gasteiger partial charge in [0.15, 0.2) is 0 Å². The summed E-state index contributed by atoms with van der Waals surface area (Å²) in [6.07, 6.45) is 0. The van der Waals surface area contributed by atoms with Crippen LogP contribution in [0.4, 0.5) is 5.69 Å². The van der Waals surface area contributed by atoms with E-state index in [4.69, 9.17) is 50.1 Å². The summed E-state index contributed by atoms with van der Waals surface area (Å²) >= 11 is 12.8. The van der Waals surface area contributed by atoms with E-state index in [1.807, 2.05) is 24.3 Å². The van der Waals surface area contributed by atoms with Gasteiger partial charge >= 0.3 is 0 Å². The van der Waals surface area contributed by atoms with Gasteiger partial charge in [-0.2, -0.15) is 4.99 Å². The number of benzene rings is 2. The summed E-state index contributed by atoms with van der Waals surface area (Å²) in [5.41, 5.74) is 9.78. The van der Waals surface area contributed by atoms with E-state index < -0.39 is 0 Å². The molecular weight excluding hydrogens is 419 g/mol. The number of nitrogens with one attached hydrogen (secondary N) is 1. The largest absolute Gasteiger partial charge is 0.491 e. The molecule has 0 saturated heterocycles. The lowest BCUT2D eigenvalue weighted by Gasteiger charge is -2.10. The number of hydrogen-bond donors (Lipinski definition) is 4. The summed E-state index contributed by atoms with van der Waals surface area (Å²) in [6, 6.07) is 10.6. The lowest BCUT2D eigenvalue weighted by Crippen LogP contribution is -2.30. The van der Waals surface area contributed by atoms with Gasteiger partial charge in [-0.05, 0) is 29.8 Å². The minimum atomic E-state index is -0.150. The van der Waals surface area contributed by atoms with Gasteiger partial charge in [0.05, 0.1) is 22.3 Å². The average molecular weight is 439 g/mol. The Balaban J connectivity index is 2.26. The van der Waals surface area contributed by atoms with Crippen LogP contribution >= 0.6 is 23.2 Å². The van der Waals surface area contributed by atoms with Gasteiger partial charge in [-0.15, -0.1) is 0 Å². The Hall–Kier alpha value is -2.92. The Morgan fingerprint density at radius 3 is 2.31 bits per heavy atom. The third-order valence-corrected chi connectivity index (χ3v) is 4.07. The van der Waals surface area contributed by atoms with E-state index in [0.717, 1.165) is 5.56 Å². The van der Waals surface area contributed by atoms with E-state index in [0.29, 0.717) is 40.3 Å². The molecule has 2 rings (SSSR count). The molecule has 0 fully saturated rings. The first kappa shape index (κ1) is 22.4. The molecule has 2 aromatic rings. The van der Waals surface area contributed by atoms with Crippen LogP contribution in [-0.2, 0) is 4.74 Å². The quantitative estimate of drug-likeness (QED) is 0.135. The number of methoxy groups -OCH3 is 1. The standard InChI is InChI=1S/C17H20Cl2N8O2/c1-28-6-7-29-12-4-2-10(3-5-12)15-13(18)8-11(9-14(15)19)23-16(20)24-17(25-21)26-27-22/h2-5,8-9H,6-7,21H2,1H3,(H5,20,22,23,24,25,26). The number of nitrogens with zero attached hydrogens (tertiary/aromatic N) is 4. The van der Waals surface area contributed by atoms with Gasteiger partial charge in [0, 0.05) is 12.7 Å². The number of halogens is 2. The molecule has 2 aromatic carbocycles. The van der Waals surface area contributed by atoms with Crippen LogP contribution in [0, 0.1) is 0 Å². The highest BCUT2D eigenvalue weighted by atomic mass is 35.5. The molecule has 0 heterocycles. The molecule has 154 valence electrons. The zero-order chi connectivity index (χ0) is 21.2. The fourth-order valence-corrected chi connectivity index (χ4v) is 2.96. The number of ether oxygens (including phenoxy) is 2. The lowest BCUT2D eigenvalue weighted by atomic mass is 10.0. The Morgan fingerprint density at radius 1 is 1.10 bits per heavy atom. The van der Waals surface area contributed by atoms with Gasteiger partial charge in [-0.3, -0.25) is 5.43 Å². The summed E-state index contributed by atoms with van der Waals surface area (Å²) in [7, 11) is 1.61. The van der Waals surface area contributed by atoms with Crippen molar-refractivity contribution in [1.82, 2.24) is 5.43 Å². The molecular formula is C17H20Cl2N8O2. The SMILES string of the molecule is COCCOc1ccc(-c2c(Cl)cc(N=C(N)N=C(N=NN)NN)cc2Cl)cc1. The smallest absolute Gasteiger partial charge is 0.261 e. The molecule has 7 N–H and O–H groups in total. The molecule has 0 spiro atoms. The van der Waals surface area contributed by atoms with Crippen LogP contribution in [0.2, 0.25) is 10.0 Å². The first-order valence-electron chi connectivity index (χ1n) is 8.20. The molecule has 29 heavy (non-hydrogen) atoms. The van der Waals surface area contributed by atoms with Crippen LogP contribution in [0.1, 0.15) is 0 Å². The van der Waals surface area contributed by atoms with E-state index in [9.17, 15) is 0 Å². The predicted octanol–water partition coefficient (Wildman–Crippen LogP) is 2.78. The first-order chi connectivity index (χ1) is 14.0. The summed E-state index contributed by atoms with van der Waals surface area (Å²) in [5, 5.41) is 7.26. The van der Waals surface area contributed by atoms with Crippen molar-refractivity contribution in [2.24, 2.45) is 37.7 Å². The van der Waals surface area contributed by atoms with Gasteiger partial charge < -0.3 is 21.1 Å². The predicted molar refractivity (Wildman–Crippen MR) is 114 cm³/mol. The van der Waals surface area contributed by atoms with Crippen molar-refractivity contribution in [3.8, 4) is 16.9 Å². The normalized spacial score (nSPS) is 12.4. The number of rotatable bonds is 6. The van der Waals surface area contributed by atoms with Crippen molar-refractivity contribution < 1.29 is 9.47 Å². The van der Waals surface area contributed by atoms with Crippen molar-refractivity contribution in [2.45, 2.75) is 0 Å². The van der Waals surface area contributed by atoms with Crippen molar-refractivity contribution >= 4 is 40.8 Å². The van der Waals surface area contributed by atoms with Crippen LogP contribution in [0.25, 0.3) is 11.1 Å². The van der Waals surface area contributed by atoms with Gasteiger partial charge in [-0.1, -0.05) is 45.7 Å². The monoisotopic (exact) mass is 438 g/mol. The average Bonchev–Trinajstić information content (AvgIpc) is 2.68. The van der Waals surface area contributed by atoms with Gasteiger partial charge in [-0.25, -0.2) is 10.8 Å². The Morgan fingerprint density at radius 2 is 1.76 bits per heavy atom. The summed E-state index contributed by atoms with van der Waals surface area (Å²) in [5.74, 6) is 10.6. The molecule has 0 aliphatic carbocycles. The Kier molecular flexibility index (Phi) is 8.62. The van der Waals surface area contributed by atoms with Crippen molar-refractivity contribution in [2.75, 3.05) is 20.3 Å². The number of aliphatic imine (C=N–C) groups is 2. The van der Waals surface area contributed by atoms with Crippen molar-refractivity contribution in [1.29, 1.82) is 0 Å². The number of hydrogen-bond acceptors (Lipinski definition) is 5. The fourth-order valence-electron chi connectivity index (χ4n) is 2.26. The summed E-state index contributed by atoms with van der Waals surface area (Å²) < 4.78 is 10.5. The highest BCUT2D eigenvalue weighted by molar-refractivity contribution is 6.39. The molecule has 0 unspecified atom stereocenters. The van der Waals surface area contributed by atoms with E-state index >= 15 is 0 Å². The zero-order valence-corrected chi connectivity index (χ0v) is 17.0. The molecule has 0 aromatic heterocycles. The second-order valence-electron chi connectivity index (χ2n) is 5.42. The molecule has 0 aliphatic rings. The fraction of sp³-hybridized carbons (Fsp3) is 0.176. The van der Waals surface area contributed by atoms with Crippen LogP contribution < -0.4 is 27.6 Å². The molecule has 0 atom stereocenters. The molecule has 10 nitrogen and oxygen atoms in total. The molecule has 0 bridgehead atoms. The van der Waals surface area contributed by atoms with Gasteiger partial charge in [0.25, 0.3) is 5.96 Å². The maximum Gasteiger partial charge on any atom is 0.261 e. The number of hydrazine groups is 1. The summed E-state index contributed by atoms with van der Waals surface area (Å²) in [4.78, 5) is 7.93. The highest BCUT2D eigenvalue weighted by Crippen LogP contribution is 2.38. The minimum Gasteiger partial charge on any atom is -0.491 e. The van der Waals surface area contributed by atoms with E-state index in [2.05, 4.69) is 25.7 Å². The third kappa shape index (κ3) is 6.57. The highest BCUT2D eigenvalue weighted by Gasteiger charge is 2.11. The molecule has 12 heteroatoms. The topological polar surface area (TPSA) is 158 Å². The van der Waals surface area contributed by atoms with Crippen LogP contribution in [0.15, 0.2) is 56.7 Å². The Labute approximate surface area is 177 Å². The van der Waals surface area contributed by atoms with E-state index in [1.54, 1.807) is 19.2 Å². The lowest BCUT2D eigenvalue weighted by molar-refractivity contribution is 0.146. The Bertz CT molecular complexity index is 893. The van der Waals surface area contributed by atoms with Crippen LogP contribution in [-0.4, -0.2) is 32.2 Å². The van der Waals surface area contributed by atoms with E-state index in [1.165, 1.54) is 0 Å². The van der Waals surface area contributed by atoms with Crippen LogP contribution in [0.3, 0.4) is 0 Å². The molecule has 0 aliphatic heterocycles. The number of guanidine groups is 2. The van der Waals surface area contributed by atoms with Crippen molar-refractivity contribution in [3.05, 3.63) is 46.4 Å². The second kappa shape index (κ2) is 11.2. The van der Waals surface area contributed by atoms with Crippen molar-refractivity contribution in [3.63, 3.8) is 0 Å². The van der Waals surface area contributed by atoms with Gasteiger partial charge in [0.1, 0.15) is 12.4 Å². The minimum absolute atomic E-state index is 0.115. The first-order valence-corrected chi connectivity index (χ1v) is 8.95.